The highest BCUT2D eigenvalue weighted by Crippen LogP contribution is 2.33. The summed E-state index contributed by atoms with van der Waals surface area (Å²) in [5, 5.41) is 4.31. The highest BCUT2D eigenvalue weighted by molar-refractivity contribution is 5.92. The Morgan fingerprint density at radius 1 is 1.14 bits per heavy atom. The molecule has 5 nitrogen and oxygen atoms in total. The van der Waals surface area contributed by atoms with Gasteiger partial charge in [0.25, 0.3) is 0 Å². The molecule has 1 amide bonds. The molecule has 1 aromatic heterocycles. The van der Waals surface area contributed by atoms with E-state index in [-0.39, 0.29) is 5.91 Å². The fourth-order valence-corrected chi connectivity index (χ4v) is 4.04. The minimum atomic E-state index is 0.0368. The summed E-state index contributed by atoms with van der Waals surface area (Å²) in [5.41, 5.74) is 3.42. The smallest absolute Gasteiger partial charge is 0.238 e. The van der Waals surface area contributed by atoms with Crippen LogP contribution in [0.3, 0.4) is 0 Å². The number of anilines is 1. The average Bonchev–Trinajstić information content (AvgIpc) is 3.14. The summed E-state index contributed by atoms with van der Waals surface area (Å²) in [6.07, 6.45) is 4.32. The first-order valence-corrected chi connectivity index (χ1v) is 10.0. The van der Waals surface area contributed by atoms with Gasteiger partial charge < -0.3 is 15.0 Å². The Kier molecular flexibility index (Phi) is 5.63. The number of hydrogen-bond acceptors (Lipinski definition) is 3. The summed E-state index contributed by atoms with van der Waals surface area (Å²) in [4.78, 5) is 18.0. The summed E-state index contributed by atoms with van der Waals surface area (Å²) in [7, 11) is 0. The molecule has 0 aliphatic carbocycles. The number of para-hydroxylation sites is 1. The number of ether oxygens (including phenoxy) is 1. The lowest BCUT2D eigenvalue weighted by atomic mass is 9.89. The van der Waals surface area contributed by atoms with E-state index in [2.05, 4.69) is 45.7 Å². The van der Waals surface area contributed by atoms with Crippen LogP contribution in [0.15, 0.2) is 54.7 Å². The van der Waals surface area contributed by atoms with Gasteiger partial charge in [0, 0.05) is 22.8 Å². The second kappa shape index (κ2) is 8.48. The van der Waals surface area contributed by atoms with Crippen LogP contribution in [-0.2, 0) is 4.79 Å². The predicted molar refractivity (Wildman–Crippen MR) is 113 cm³/mol. The molecule has 2 N–H and O–H groups in total. The summed E-state index contributed by atoms with van der Waals surface area (Å²) >= 11 is 0. The van der Waals surface area contributed by atoms with E-state index in [1.807, 2.05) is 31.2 Å². The number of H-pyrrole nitrogens is 1. The number of hydrogen-bond donors (Lipinski definition) is 2. The van der Waals surface area contributed by atoms with Gasteiger partial charge in [-0.1, -0.05) is 18.2 Å². The number of carbonyl (C=O) groups is 1. The molecule has 2 aromatic carbocycles. The Balaban J connectivity index is 1.28. The number of carbonyl (C=O) groups excluding carboxylic acids is 1. The summed E-state index contributed by atoms with van der Waals surface area (Å²) in [6, 6.07) is 16.0. The van der Waals surface area contributed by atoms with Crippen molar-refractivity contribution >= 4 is 22.5 Å². The van der Waals surface area contributed by atoms with E-state index in [9.17, 15) is 4.79 Å². The molecule has 0 bridgehead atoms. The molecule has 0 atom stereocenters. The molecule has 0 unspecified atom stereocenters. The molecule has 0 saturated carbocycles. The van der Waals surface area contributed by atoms with Crippen LogP contribution in [-0.4, -0.2) is 42.0 Å². The van der Waals surface area contributed by atoms with Crippen LogP contribution >= 0.6 is 0 Å². The van der Waals surface area contributed by atoms with Crippen molar-refractivity contribution in [3.63, 3.8) is 0 Å². The molecule has 28 heavy (non-hydrogen) atoms. The molecule has 4 rings (SSSR count). The van der Waals surface area contributed by atoms with Gasteiger partial charge in [-0.3, -0.25) is 9.69 Å². The monoisotopic (exact) mass is 377 g/mol. The highest BCUT2D eigenvalue weighted by Gasteiger charge is 2.23. The third-order valence-corrected chi connectivity index (χ3v) is 5.46. The third-order valence-electron chi connectivity index (χ3n) is 5.46. The number of fused-ring (bicyclic) bond motifs is 1. The van der Waals surface area contributed by atoms with E-state index in [0.29, 0.717) is 19.1 Å². The Bertz CT molecular complexity index is 924. The van der Waals surface area contributed by atoms with Crippen molar-refractivity contribution in [1.29, 1.82) is 0 Å². The van der Waals surface area contributed by atoms with Crippen molar-refractivity contribution in [3.05, 3.63) is 60.3 Å². The van der Waals surface area contributed by atoms with Crippen molar-refractivity contribution in [2.75, 3.05) is 31.6 Å². The lowest BCUT2D eigenvalue weighted by Gasteiger charge is -2.31. The van der Waals surface area contributed by atoms with Crippen molar-refractivity contribution < 1.29 is 9.53 Å². The molecular weight excluding hydrogens is 350 g/mol. The molecule has 0 radical (unpaired) electrons. The van der Waals surface area contributed by atoms with Gasteiger partial charge in [-0.15, -0.1) is 0 Å². The predicted octanol–water partition coefficient (Wildman–Crippen LogP) is 4.38. The van der Waals surface area contributed by atoms with Gasteiger partial charge >= 0.3 is 0 Å². The van der Waals surface area contributed by atoms with Crippen LogP contribution in [0.5, 0.6) is 5.75 Å². The number of amides is 1. The maximum atomic E-state index is 12.4. The van der Waals surface area contributed by atoms with Crippen LogP contribution in [0.2, 0.25) is 0 Å². The number of aromatic amines is 1. The molecule has 1 aliphatic heterocycles. The summed E-state index contributed by atoms with van der Waals surface area (Å²) in [6.45, 7) is 4.92. The zero-order valence-electron chi connectivity index (χ0n) is 16.3. The fourth-order valence-electron chi connectivity index (χ4n) is 4.04. The quantitative estimate of drug-likeness (QED) is 0.670. The van der Waals surface area contributed by atoms with Crippen molar-refractivity contribution in [2.45, 2.75) is 25.7 Å². The third kappa shape index (κ3) is 4.20. The van der Waals surface area contributed by atoms with Crippen LogP contribution < -0.4 is 10.1 Å². The number of rotatable bonds is 6. The lowest BCUT2D eigenvalue weighted by Crippen LogP contribution is -2.38. The number of piperidine rings is 1. The number of aromatic nitrogens is 1. The van der Waals surface area contributed by atoms with E-state index < -0.39 is 0 Å². The van der Waals surface area contributed by atoms with E-state index >= 15 is 0 Å². The molecule has 3 aromatic rings. The first-order chi connectivity index (χ1) is 13.7. The van der Waals surface area contributed by atoms with Crippen molar-refractivity contribution in [2.24, 2.45) is 0 Å². The highest BCUT2D eigenvalue weighted by atomic mass is 16.5. The zero-order valence-corrected chi connectivity index (χ0v) is 16.3. The van der Waals surface area contributed by atoms with Crippen LogP contribution in [0, 0.1) is 0 Å². The number of likely N-dealkylation sites (tertiary alicyclic amines) is 1. The molecule has 1 aliphatic rings. The second-order valence-corrected chi connectivity index (χ2v) is 7.35. The van der Waals surface area contributed by atoms with E-state index in [4.69, 9.17) is 4.74 Å². The van der Waals surface area contributed by atoms with Crippen LogP contribution in [0.1, 0.15) is 31.2 Å². The average molecular weight is 377 g/mol. The molecule has 2 heterocycles. The van der Waals surface area contributed by atoms with E-state index in [1.165, 1.54) is 16.5 Å². The van der Waals surface area contributed by atoms with Crippen molar-refractivity contribution in [1.82, 2.24) is 9.88 Å². The minimum absolute atomic E-state index is 0.0368. The first kappa shape index (κ1) is 18.6. The molecule has 146 valence electrons. The van der Waals surface area contributed by atoms with Crippen LogP contribution in [0.4, 0.5) is 5.69 Å². The van der Waals surface area contributed by atoms with Gasteiger partial charge in [0.1, 0.15) is 5.75 Å². The summed E-state index contributed by atoms with van der Waals surface area (Å²) in [5.74, 6) is 1.41. The Hall–Kier alpha value is -2.79. The minimum Gasteiger partial charge on any atom is -0.494 e. The Morgan fingerprint density at radius 2 is 1.89 bits per heavy atom. The summed E-state index contributed by atoms with van der Waals surface area (Å²) < 4.78 is 5.43. The zero-order chi connectivity index (χ0) is 19.3. The largest absolute Gasteiger partial charge is 0.494 e. The number of nitrogens with one attached hydrogen (secondary N) is 2. The van der Waals surface area contributed by atoms with Gasteiger partial charge in [0.2, 0.25) is 5.91 Å². The van der Waals surface area contributed by atoms with Crippen molar-refractivity contribution in [3.8, 4) is 5.75 Å². The normalized spacial score (nSPS) is 15.6. The molecular formula is C23H27N3O2. The fraction of sp³-hybridized carbons (Fsp3) is 0.348. The van der Waals surface area contributed by atoms with E-state index in [0.717, 1.165) is 37.4 Å². The maximum absolute atomic E-state index is 12.4. The standard InChI is InChI=1S/C23H27N3O2/c1-2-28-19-9-7-18(8-10-19)25-23(27)16-26-13-11-17(12-14-26)21-15-24-22-6-4-3-5-20(21)22/h3-10,15,17,24H,2,11-14,16H2,1H3,(H,25,27). The van der Waals surface area contributed by atoms with Gasteiger partial charge in [-0.2, -0.15) is 0 Å². The van der Waals surface area contributed by atoms with Gasteiger partial charge in [-0.25, -0.2) is 0 Å². The van der Waals surface area contributed by atoms with Gasteiger partial charge in [-0.05, 0) is 74.7 Å². The molecule has 0 spiro atoms. The van der Waals surface area contributed by atoms with Gasteiger partial charge in [0.15, 0.2) is 0 Å². The first-order valence-electron chi connectivity index (χ1n) is 10.0. The molecule has 1 saturated heterocycles. The molecule has 5 heteroatoms. The number of nitrogens with zero attached hydrogens (tertiary/aromatic N) is 1. The number of benzene rings is 2. The second-order valence-electron chi connectivity index (χ2n) is 7.35. The Morgan fingerprint density at radius 3 is 2.64 bits per heavy atom. The van der Waals surface area contributed by atoms with Gasteiger partial charge in [0.05, 0.1) is 13.2 Å². The Labute approximate surface area is 165 Å². The topological polar surface area (TPSA) is 57.4 Å². The van der Waals surface area contributed by atoms with Crippen LogP contribution in [0.25, 0.3) is 10.9 Å². The molecule has 1 fully saturated rings. The SMILES string of the molecule is CCOc1ccc(NC(=O)CN2CCC(c3c[nH]c4ccccc34)CC2)cc1. The maximum Gasteiger partial charge on any atom is 0.238 e. The lowest BCUT2D eigenvalue weighted by molar-refractivity contribution is -0.117. The van der Waals surface area contributed by atoms with E-state index in [1.54, 1.807) is 0 Å².